The topological polar surface area (TPSA) is 81.8 Å². The van der Waals surface area contributed by atoms with Crippen LogP contribution in [0.1, 0.15) is 22.5 Å². The highest BCUT2D eigenvalue weighted by molar-refractivity contribution is 6.14. The number of aromatic nitrogens is 1. The molecule has 0 unspecified atom stereocenters. The molecule has 0 spiro atoms. The third-order valence-corrected chi connectivity index (χ3v) is 6.25. The Balaban J connectivity index is 1.33. The van der Waals surface area contributed by atoms with Gasteiger partial charge in [0.05, 0.1) is 30.0 Å². The number of nitrogens with zero attached hydrogens (tertiary/aromatic N) is 2. The van der Waals surface area contributed by atoms with E-state index in [1.807, 2.05) is 66.2 Å². The Morgan fingerprint density at radius 2 is 1.79 bits per heavy atom. The zero-order valence-electron chi connectivity index (χ0n) is 18.8. The number of ether oxygens (including phenoxy) is 1. The van der Waals surface area contributed by atoms with E-state index in [9.17, 15) is 14.4 Å². The van der Waals surface area contributed by atoms with E-state index in [1.54, 1.807) is 23.3 Å². The molecular weight excluding hydrogens is 432 g/mol. The molecule has 1 amide bonds. The largest absolute Gasteiger partial charge is 0.467 e. The van der Waals surface area contributed by atoms with Gasteiger partial charge in [0, 0.05) is 30.9 Å². The van der Waals surface area contributed by atoms with E-state index in [0.29, 0.717) is 17.9 Å². The Morgan fingerprint density at radius 3 is 2.56 bits per heavy atom. The van der Waals surface area contributed by atoms with Crippen molar-refractivity contribution in [1.82, 2.24) is 9.47 Å². The molecule has 0 radical (unpaired) electrons. The number of esters is 1. The van der Waals surface area contributed by atoms with Crippen molar-refractivity contribution in [3.05, 3.63) is 84.3 Å². The van der Waals surface area contributed by atoms with Crippen LogP contribution in [0.15, 0.2) is 77.4 Å². The van der Waals surface area contributed by atoms with Crippen LogP contribution in [-0.4, -0.2) is 40.3 Å². The van der Waals surface area contributed by atoms with Crippen molar-refractivity contribution in [2.24, 2.45) is 13.0 Å². The zero-order chi connectivity index (χ0) is 23.7. The molecular formula is C27H24N2O5. The minimum Gasteiger partial charge on any atom is -0.467 e. The molecule has 5 rings (SSSR count). The van der Waals surface area contributed by atoms with Gasteiger partial charge in [-0.05, 0) is 23.8 Å². The number of Topliss-reactive ketones (excluding diaryl/α,β-unsaturated/α-hetero) is 1. The maximum absolute atomic E-state index is 13.3. The van der Waals surface area contributed by atoms with Crippen LogP contribution in [0.3, 0.4) is 0 Å². The summed E-state index contributed by atoms with van der Waals surface area (Å²) < 4.78 is 12.7. The number of carbonyl (C=O) groups is 3. The molecule has 172 valence electrons. The number of amides is 1. The van der Waals surface area contributed by atoms with Crippen LogP contribution in [0.5, 0.6) is 0 Å². The van der Waals surface area contributed by atoms with Gasteiger partial charge in [-0.2, -0.15) is 0 Å². The van der Waals surface area contributed by atoms with Crippen LogP contribution >= 0.6 is 0 Å². The van der Waals surface area contributed by atoms with Gasteiger partial charge in [-0.25, -0.2) is 0 Å². The molecule has 0 N–H and O–H groups in total. The first-order chi connectivity index (χ1) is 16.5. The molecule has 7 nitrogen and oxygen atoms in total. The fraction of sp³-hybridized carbons (Fsp3) is 0.222. The number of hydrogen-bond donors (Lipinski definition) is 0. The second kappa shape index (κ2) is 9.02. The van der Waals surface area contributed by atoms with Crippen molar-refractivity contribution in [3.63, 3.8) is 0 Å². The van der Waals surface area contributed by atoms with Crippen LogP contribution < -0.4 is 0 Å². The molecule has 1 fully saturated rings. The molecule has 1 atom stereocenters. The maximum atomic E-state index is 13.3. The molecule has 34 heavy (non-hydrogen) atoms. The van der Waals surface area contributed by atoms with Gasteiger partial charge in [-0.3, -0.25) is 14.4 Å². The Kier molecular flexibility index (Phi) is 5.76. The van der Waals surface area contributed by atoms with Crippen LogP contribution in [0.2, 0.25) is 0 Å². The molecule has 4 aromatic rings. The molecule has 1 saturated heterocycles. The van der Waals surface area contributed by atoms with E-state index < -0.39 is 11.9 Å². The minimum atomic E-state index is -0.601. The van der Waals surface area contributed by atoms with Gasteiger partial charge in [-0.1, -0.05) is 48.5 Å². The van der Waals surface area contributed by atoms with Gasteiger partial charge in [0.25, 0.3) is 0 Å². The van der Waals surface area contributed by atoms with Crippen molar-refractivity contribution in [1.29, 1.82) is 0 Å². The fourth-order valence-electron chi connectivity index (χ4n) is 4.61. The van der Waals surface area contributed by atoms with Crippen molar-refractivity contribution < 1.29 is 23.5 Å². The molecule has 0 bridgehead atoms. The van der Waals surface area contributed by atoms with Crippen molar-refractivity contribution in [3.8, 4) is 11.3 Å². The highest BCUT2D eigenvalue weighted by Crippen LogP contribution is 2.33. The van der Waals surface area contributed by atoms with Crippen LogP contribution in [-0.2, 0) is 27.9 Å². The van der Waals surface area contributed by atoms with Gasteiger partial charge in [0.2, 0.25) is 11.7 Å². The maximum Gasteiger partial charge on any atom is 0.311 e. The number of furan rings is 1. The van der Waals surface area contributed by atoms with Crippen LogP contribution in [0.25, 0.3) is 22.2 Å². The summed E-state index contributed by atoms with van der Waals surface area (Å²) in [5.41, 5.74) is 3.14. The quantitative estimate of drug-likeness (QED) is 0.307. The van der Waals surface area contributed by atoms with Gasteiger partial charge in [0.1, 0.15) is 5.76 Å². The molecule has 3 heterocycles. The van der Waals surface area contributed by atoms with E-state index in [1.165, 1.54) is 0 Å². The lowest BCUT2D eigenvalue weighted by atomic mass is 10.0. The highest BCUT2D eigenvalue weighted by atomic mass is 16.5. The number of hydrogen-bond acceptors (Lipinski definition) is 5. The predicted molar refractivity (Wildman–Crippen MR) is 126 cm³/mol. The van der Waals surface area contributed by atoms with Gasteiger partial charge in [-0.15, -0.1) is 0 Å². The third kappa shape index (κ3) is 4.01. The summed E-state index contributed by atoms with van der Waals surface area (Å²) in [6.45, 7) is 0.177. The lowest BCUT2D eigenvalue weighted by Gasteiger charge is -2.14. The first-order valence-corrected chi connectivity index (χ1v) is 11.2. The zero-order valence-corrected chi connectivity index (χ0v) is 18.8. The highest BCUT2D eigenvalue weighted by Gasteiger charge is 2.36. The Labute approximate surface area is 196 Å². The standard InChI is InChI=1S/C27H24N2O5/c1-28-22-12-6-5-11-21(22)25(26(28)18-8-3-2-4-9-18)23(30)17-34-27(32)19-14-24(31)29(15-19)16-20-10-7-13-33-20/h2-13,19H,14-17H2,1H3/t19-/m1/s1. The SMILES string of the molecule is Cn1c(-c2ccccc2)c(C(=O)COC(=O)[C@@H]2CC(=O)N(Cc3ccco3)C2)c2ccccc21. The van der Waals surface area contributed by atoms with E-state index in [0.717, 1.165) is 22.2 Å². The number of ketones is 1. The second-order valence-electron chi connectivity index (χ2n) is 8.45. The average Bonchev–Trinajstić information content (AvgIpc) is 3.57. The fourth-order valence-corrected chi connectivity index (χ4v) is 4.61. The third-order valence-electron chi connectivity index (χ3n) is 6.25. The summed E-state index contributed by atoms with van der Waals surface area (Å²) in [6, 6.07) is 20.9. The van der Waals surface area contributed by atoms with Crippen LogP contribution in [0.4, 0.5) is 0 Å². The summed E-state index contributed by atoms with van der Waals surface area (Å²) in [5, 5.41) is 0.811. The summed E-state index contributed by atoms with van der Waals surface area (Å²) in [6.07, 6.45) is 1.61. The molecule has 0 aliphatic carbocycles. The van der Waals surface area contributed by atoms with Crippen LogP contribution in [0, 0.1) is 5.92 Å². The smallest absolute Gasteiger partial charge is 0.311 e. The first kappa shape index (κ1) is 21.7. The van der Waals surface area contributed by atoms with Crippen molar-refractivity contribution in [2.45, 2.75) is 13.0 Å². The Bertz CT molecular complexity index is 1350. The van der Waals surface area contributed by atoms with E-state index in [-0.39, 0.29) is 31.3 Å². The normalized spacial score (nSPS) is 15.7. The summed E-state index contributed by atoms with van der Waals surface area (Å²) in [5.74, 6) is -0.894. The van der Waals surface area contributed by atoms with Gasteiger partial charge >= 0.3 is 5.97 Å². The first-order valence-electron chi connectivity index (χ1n) is 11.2. The Hall–Kier alpha value is -4.13. The van der Waals surface area contributed by atoms with E-state index in [4.69, 9.17) is 9.15 Å². The average molecular weight is 456 g/mol. The van der Waals surface area contributed by atoms with E-state index >= 15 is 0 Å². The predicted octanol–water partition coefficient (Wildman–Crippen LogP) is 4.21. The van der Waals surface area contributed by atoms with Gasteiger partial charge < -0.3 is 18.6 Å². The number of fused-ring (bicyclic) bond motifs is 1. The lowest BCUT2D eigenvalue weighted by molar-refractivity contribution is -0.147. The number of benzene rings is 2. The molecule has 0 saturated carbocycles. The molecule has 1 aliphatic rings. The second-order valence-corrected chi connectivity index (χ2v) is 8.45. The van der Waals surface area contributed by atoms with E-state index in [2.05, 4.69) is 0 Å². The number of aryl methyl sites for hydroxylation is 1. The molecule has 2 aromatic heterocycles. The molecule has 2 aromatic carbocycles. The number of rotatable bonds is 7. The number of carbonyl (C=O) groups excluding carboxylic acids is 3. The molecule has 7 heteroatoms. The van der Waals surface area contributed by atoms with Crippen molar-refractivity contribution >= 4 is 28.6 Å². The minimum absolute atomic E-state index is 0.0667. The molecule has 1 aliphatic heterocycles. The summed E-state index contributed by atoms with van der Waals surface area (Å²) in [7, 11) is 1.92. The van der Waals surface area contributed by atoms with Crippen molar-refractivity contribution in [2.75, 3.05) is 13.2 Å². The summed E-state index contributed by atoms with van der Waals surface area (Å²) in [4.78, 5) is 40.0. The Morgan fingerprint density at radius 1 is 1.03 bits per heavy atom. The lowest BCUT2D eigenvalue weighted by Crippen LogP contribution is -2.27. The number of likely N-dealkylation sites (tertiary alicyclic amines) is 1. The number of para-hydroxylation sites is 1. The summed E-state index contributed by atoms with van der Waals surface area (Å²) >= 11 is 0. The van der Waals surface area contributed by atoms with Gasteiger partial charge in [0.15, 0.2) is 6.61 Å². The monoisotopic (exact) mass is 456 g/mol.